The molecule has 6 saturated heterocycles. The standard InChI is InChI=1S/C29H35N3O6S.C22H30N2O3/c30-39(35,36)27-5-3-21(4-6-27)28(33)31-14-24-16-32(17-25(24)15-31)29(34)23-11-22(20-1-2-20)12-26(13-23)38-18-19-7-9-37-10-8-19;25-22(24-12-19-10-23-11-20(19)13-24)18-7-17(16-1-2-16)8-21(9-18)27-14-15-3-5-26-6-4-15/h3-6,11-13,19-20,24-25H,1-2,7-10,14-18H2,(H2,30,35,36);7-9,15-16,19-20,23H,1-6,10-14H2/t24-,25-;19-,20-/m00/s1. The van der Waals surface area contributed by atoms with Gasteiger partial charge >= 0.3 is 0 Å². The molecule has 3 aromatic carbocycles. The number of hydrogen-bond donors (Lipinski definition) is 2. The Morgan fingerprint density at radius 1 is 0.545 bits per heavy atom. The molecule has 2 saturated carbocycles. The Kier molecular flexibility index (Phi) is 13.4. The van der Waals surface area contributed by atoms with Crippen molar-refractivity contribution in [3.63, 3.8) is 0 Å². The molecule has 66 heavy (non-hydrogen) atoms. The first-order valence-corrected chi connectivity index (χ1v) is 26.0. The molecule has 0 unspecified atom stereocenters. The molecule has 11 rings (SSSR count). The smallest absolute Gasteiger partial charge is 0.254 e. The second kappa shape index (κ2) is 19.6. The van der Waals surface area contributed by atoms with Crippen LogP contribution in [0.15, 0.2) is 65.6 Å². The average molecular weight is 924 g/mol. The Balaban J connectivity index is 0.000000165. The van der Waals surface area contributed by atoms with Gasteiger partial charge in [-0.3, -0.25) is 14.4 Å². The zero-order valence-electron chi connectivity index (χ0n) is 38.0. The third-order valence-electron chi connectivity index (χ3n) is 15.3. The van der Waals surface area contributed by atoms with Crippen LogP contribution < -0.4 is 19.9 Å². The molecule has 15 heteroatoms. The van der Waals surface area contributed by atoms with Gasteiger partial charge in [0.1, 0.15) is 11.5 Å². The number of ether oxygens (including phenoxy) is 4. The second-order valence-corrected chi connectivity index (χ2v) is 21.8. The molecule has 6 heterocycles. The summed E-state index contributed by atoms with van der Waals surface area (Å²) in [6.07, 6.45) is 8.92. The third kappa shape index (κ3) is 10.8. The van der Waals surface area contributed by atoms with E-state index in [1.807, 2.05) is 23.1 Å². The van der Waals surface area contributed by atoms with Gasteiger partial charge in [-0.2, -0.15) is 0 Å². The lowest BCUT2D eigenvalue weighted by Crippen LogP contribution is -2.35. The van der Waals surface area contributed by atoms with E-state index in [2.05, 4.69) is 28.4 Å². The van der Waals surface area contributed by atoms with Crippen LogP contribution >= 0.6 is 0 Å². The number of hydrogen-bond acceptors (Lipinski definition) is 10. The van der Waals surface area contributed by atoms with Gasteiger partial charge in [0, 0.05) is 107 Å². The van der Waals surface area contributed by atoms with Crippen molar-refractivity contribution in [1.82, 2.24) is 20.0 Å². The molecule has 3 amide bonds. The van der Waals surface area contributed by atoms with Crippen molar-refractivity contribution < 1.29 is 41.7 Å². The summed E-state index contributed by atoms with van der Waals surface area (Å²) >= 11 is 0. The van der Waals surface area contributed by atoms with Gasteiger partial charge in [0.25, 0.3) is 17.7 Å². The summed E-state index contributed by atoms with van der Waals surface area (Å²) in [7, 11) is -3.80. The summed E-state index contributed by atoms with van der Waals surface area (Å²) in [5.41, 5.74) is 4.40. The first-order valence-electron chi connectivity index (χ1n) is 24.4. The van der Waals surface area contributed by atoms with Crippen molar-refractivity contribution in [1.29, 1.82) is 0 Å². The van der Waals surface area contributed by atoms with Crippen molar-refractivity contribution in [2.24, 2.45) is 40.6 Å². The average Bonchev–Trinajstić information content (AvgIpc) is 4.20. The number of nitrogens with two attached hydrogens (primary N) is 1. The Labute approximate surface area is 388 Å². The highest BCUT2D eigenvalue weighted by Crippen LogP contribution is 2.43. The number of nitrogens with one attached hydrogen (secondary N) is 1. The summed E-state index contributed by atoms with van der Waals surface area (Å²) in [6, 6.07) is 18.0. The van der Waals surface area contributed by atoms with Gasteiger partial charge in [0.2, 0.25) is 10.0 Å². The number of carbonyl (C=O) groups is 3. The van der Waals surface area contributed by atoms with Crippen LogP contribution in [0.4, 0.5) is 0 Å². The van der Waals surface area contributed by atoms with Crippen molar-refractivity contribution in [2.75, 3.05) is 92.0 Å². The van der Waals surface area contributed by atoms with Crippen LogP contribution in [0.5, 0.6) is 11.5 Å². The molecule has 354 valence electrons. The third-order valence-corrected chi connectivity index (χ3v) is 16.2. The number of nitrogens with zero attached hydrogens (tertiary/aromatic N) is 3. The number of fused-ring (bicyclic) bond motifs is 2. The molecule has 0 radical (unpaired) electrons. The van der Waals surface area contributed by atoms with Crippen molar-refractivity contribution in [3.8, 4) is 11.5 Å². The van der Waals surface area contributed by atoms with Gasteiger partial charge in [-0.1, -0.05) is 0 Å². The molecule has 6 aliphatic heterocycles. The summed E-state index contributed by atoms with van der Waals surface area (Å²) < 4.78 is 46.2. The number of rotatable bonds is 12. The fourth-order valence-electron chi connectivity index (χ4n) is 10.9. The van der Waals surface area contributed by atoms with E-state index in [9.17, 15) is 22.8 Å². The topological polar surface area (TPSA) is 170 Å². The molecular formula is C51H65N5O9S. The summed E-state index contributed by atoms with van der Waals surface area (Å²) in [4.78, 5) is 45.6. The van der Waals surface area contributed by atoms with Gasteiger partial charge in [0.15, 0.2) is 0 Å². The minimum atomic E-state index is -3.80. The molecule has 8 fully saturated rings. The fourth-order valence-corrected chi connectivity index (χ4v) is 11.4. The lowest BCUT2D eigenvalue weighted by Gasteiger charge is -2.23. The highest BCUT2D eigenvalue weighted by Gasteiger charge is 2.44. The Morgan fingerprint density at radius 2 is 0.939 bits per heavy atom. The predicted molar refractivity (Wildman–Crippen MR) is 247 cm³/mol. The Bertz CT molecular complexity index is 2330. The number of primary sulfonamides is 1. The zero-order valence-corrected chi connectivity index (χ0v) is 38.8. The number of benzene rings is 3. The van der Waals surface area contributed by atoms with E-state index in [-0.39, 0.29) is 34.5 Å². The van der Waals surface area contributed by atoms with Gasteiger partial charge < -0.3 is 39.0 Å². The minimum Gasteiger partial charge on any atom is -0.493 e. The number of sulfonamides is 1. The van der Waals surface area contributed by atoms with E-state index in [0.29, 0.717) is 79.4 Å². The van der Waals surface area contributed by atoms with E-state index in [1.54, 1.807) is 4.90 Å². The highest BCUT2D eigenvalue weighted by atomic mass is 32.2. The maximum Gasteiger partial charge on any atom is 0.254 e. The molecule has 3 N–H and O–H groups in total. The molecule has 4 atom stereocenters. The van der Waals surface area contributed by atoms with Crippen LogP contribution in [0.25, 0.3) is 0 Å². The molecule has 0 aromatic heterocycles. The first-order chi connectivity index (χ1) is 32.0. The highest BCUT2D eigenvalue weighted by molar-refractivity contribution is 7.89. The normalized spacial score (nSPS) is 25.6. The fraction of sp³-hybridized carbons (Fsp3) is 0.588. The summed E-state index contributed by atoms with van der Waals surface area (Å²) in [6.45, 7) is 10.9. The summed E-state index contributed by atoms with van der Waals surface area (Å²) in [5, 5.41) is 8.61. The van der Waals surface area contributed by atoms with E-state index in [0.717, 1.165) is 115 Å². The number of likely N-dealkylation sites (tertiary alicyclic amines) is 3. The van der Waals surface area contributed by atoms with Crippen molar-refractivity contribution in [2.45, 2.75) is 68.1 Å². The molecule has 3 aromatic rings. The van der Waals surface area contributed by atoms with Crippen LogP contribution in [-0.2, 0) is 19.5 Å². The lowest BCUT2D eigenvalue weighted by molar-refractivity contribution is 0.0497. The van der Waals surface area contributed by atoms with Crippen LogP contribution in [0.1, 0.15) is 105 Å². The quantitative estimate of drug-likeness (QED) is 0.236. The van der Waals surface area contributed by atoms with Crippen LogP contribution in [-0.4, -0.2) is 133 Å². The van der Waals surface area contributed by atoms with E-state index < -0.39 is 10.0 Å². The van der Waals surface area contributed by atoms with Gasteiger partial charge in [0.05, 0.1) is 18.1 Å². The maximum absolute atomic E-state index is 13.6. The van der Waals surface area contributed by atoms with E-state index in [1.165, 1.54) is 48.2 Å². The van der Waals surface area contributed by atoms with Crippen LogP contribution in [0.3, 0.4) is 0 Å². The molecule has 0 bridgehead atoms. The van der Waals surface area contributed by atoms with Crippen molar-refractivity contribution in [3.05, 3.63) is 88.5 Å². The van der Waals surface area contributed by atoms with Gasteiger partial charge in [-0.25, -0.2) is 13.6 Å². The van der Waals surface area contributed by atoms with Crippen LogP contribution in [0.2, 0.25) is 0 Å². The molecule has 8 aliphatic rings. The Morgan fingerprint density at radius 3 is 1.33 bits per heavy atom. The maximum atomic E-state index is 13.6. The van der Waals surface area contributed by atoms with Gasteiger partial charge in [-0.15, -0.1) is 0 Å². The monoisotopic (exact) mass is 923 g/mol. The number of amides is 3. The van der Waals surface area contributed by atoms with Crippen molar-refractivity contribution >= 4 is 27.7 Å². The molecule has 14 nitrogen and oxygen atoms in total. The molecule has 0 spiro atoms. The zero-order chi connectivity index (χ0) is 45.4. The van der Waals surface area contributed by atoms with E-state index in [4.69, 9.17) is 24.1 Å². The van der Waals surface area contributed by atoms with E-state index >= 15 is 0 Å². The molecule has 2 aliphatic carbocycles. The predicted octanol–water partition coefficient (Wildman–Crippen LogP) is 5.52. The minimum absolute atomic E-state index is 0.0191. The number of carbonyl (C=O) groups excluding carboxylic acids is 3. The lowest BCUT2D eigenvalue weighted by atomic mass is 10.0. The SMILES string of the molecule is NS(=O)(=O)c1ccc(C(=O)N2C[C@H]3CN(C(=O)c4cc(OCC5CCOCC5)cc(C5CC5)c4)C[C@@H]3C2)cc1.O=C(c1cc(OCC2CCOCC2)cc(C2CC2)c1)N1C[C@@H]2CNC[C@H]2C1. The summed E-state index contributed by atoms with van der Waals surface area (Å²) in [5.74, 6) is 5.60. The molecular weight excluding hydrogens is 859 g/mol. The van der Waals surface area contributed by atoms with Crippen LogP contribution in [0, 0.1) is 35.5 Å². The van der Waals surface area contributed by atoms with Gasteiger partial charge in [-0.05, 0) is 159 Å². The largest absolute Gasteiger partial charge is 0.493 e. The Hall–Kier alpha value is -4.54. The second-order valence-electron chi connectivity index (χ2n) is 20.3. The first kappa shape index (κ1) is 45.3.